The number of amides is 1. The standard InChI is InChI=1S/C27H30N6O4S/c1-16-11-13-19(37-5)15-22(16)32-24-25(31-21-9-7-6-8-20(21)30-24)33-38(35,36)23-14-18(12-10-17(23)2)29-26(34)27(3,4)28/h6-15H,28H2,1-5H3,(H,29,34)(H,30,32)(H,31,33). The smallest absolute Gasteiger partial charge is 0.263 e. The molecule has 4 rings (SSSR count). The van der Waals surface area contributed by atoms with Crippen molar-refractivity contribution in [1.29, 1.82) is 0 Å². The van der Waals surface area contributed by atoms with Crippen LogP contribution in [-0.2, 0) is 14.8 Å². The van der Waals surface area contributed by atoms with E-state index in [4.69, 9.17) is 10.5 Å². The van der Waals surface area contributed by atoms with E-state index in [1.54, 1.807) is 64.3 Å². The predicted molar refractivity (Wildman–Crippen MR) is 149 cm³/mol. The van der Waals surface area contributed by atoms with Crippen LogP contribution in [0, 0.1) is 13.8 Å². The molecule has 1 amide bonds. The van der Waals surface area contributed by atoms with Crippen LogP contribution in [0.5, 0.6) is 5.75 Å². The summed E-state index contributed by atoms with van der Waals surface area (Å²) in [7, 11) is -2.58. The molecule has 0 radical (unpaired) electrons. The zero-order valence-corrected chi connectivity index (χ0v) is 22.6. The number of nitrogens with two attached hydrogens (primary N) is 1. The van der Waals surface area contributed by atoms with E-state index < -0.39 is 21.5 Å². The maximum Gasteiger partial charge on any atom is 0.263 e. The molecule has 1 aromatic heterocycles. The van der Waals surface area contributed by atoms with Crippen LogP contribution in [0.25, 0.3) is 11.0 Å². The third-order valence-electron chi connectivity index (χ3n) is 5.82. The number of nitrogens with one attached hydrogen (secondary N) is 3. The molecule has 11 heteroatoms. The maximum atomic E-state index is 13.6. The Bertz CT molecular complexity index is 1630. The molecule has 0 atom stereocenters. The van der Waals surface area contributed by atoms with E-state index in [0.717, 1.165) is 5.56 Å². The van der Waals surface area contributed by atoms with Gasteiger partial charge in [0.2, 0.25) is 5.91 Å². The molecule has 3 aromatic carbocycles. The molecule has 0 saturated heterocycles. The van der Waals surface area contributed by atoms with E-state index in [1.165, 1.54) is 6.07 Å². The summed E-state index contributed by atoms with van der Waals surface area (Å²) in [5, 5.41) is 5.86. The van der Waals surface area contributed by atoms with E-state index in [1.807, 2.05) is 25.1 Å². The highest BCUT2D eigenvalue weighted by atomic mass is 32.2. The Balaban J connectivity index is 1.76. The fourth-order valence-corrected chi connectivity index (χ4v) is 4.87. The van der Waals surface area contributed by atoms with Crippen LogP contribution in [0.1, 0.15) is 25.0 Å². The fraction of sp³-hybridized carbons (Fsp3) is 0.222. The Morgan fingerprint density at radius 1 is 0.921 bits per heavy atom. The molecule has 1 heterocycles. The van der Waals surface area contributed by atoms with Gasteiger partial charge in [0, 0.05) is 17.4 Å². The monoisotopic (exact) mass is 534 g/mol. The SMILES string of the molecule is COc1ccc(C)c(Nc2nc3ccccc3nc2NS(=O)(=O)c2cc(NC(=O)C(C)(C)N)ccc2C)c1. The number of carbonyl (C=O) groups is 1. The van der Waals surface area contributed by atoms with Gasteiger partial charge in [-0.1, -0.05) is 24.3 Å². The van der Waals surface area contributed by atoms with Crippen molar-refractivity contribution in [3.05, 3.63) is 71.8 Å². The summed E-state index contributed by atoms with van der Waals surface area (Å²) in [4.78, 5) is 21.5. The van der Waals surface area contributed by atoms with Gasteiger partial charge in [-0.05, 0) is 69.2 Å². The first-order chi connectivity index (χ1) is 17.9. The Kier molecular flexibility index (Phi) is 7.25. The first-order valence-electron chi connectivity index (χ1n) is 11.8. The molecule has 198 valence electrons. The average molecular weight is 535 g/mol. The lowest BCUT2D eigenvalue weighted by Gasteiger charge is -2.19. The maximum absolute atomic E-state index is 13.6. The van der Waals surface area contributed by atoms with Gasteiger partial charge in [0.25, 0.3) is 10.0 Å². The van der Waals surface area contributed by atoms with E-state index in [0.29, 0.717) is 33.7 Å². The van der Waals surface area contributed by atoms with Gasteiger partial charge in [-0.25, -0.2) is 18.4 Å². The van der Waals surface area contributed by atoms with E-state index >= 15 is 0 Å². The minimum atomic E-state index is -4.14. The number of benzene rings is 3. The number of fused-ring (bicyclic) bond motifs is 1. The van der Waals surface area contributed by atoms with E-state index in [2.05, 4.69) is 25.3 Å². The van der Waals surface area contributed by atoms with Crippen molar-refractivity contribution in [1.82, 2.24) is 9.97 Å². The van der Waals surface area contributed by atoms with Crippen molar-refractivity contribution < 1.29 is 17.9 Å². The molecule has 0 fully saturated rings. The van der Waals surface area contributed by atoms with Crippen LogP contribution >= 0.6 is 0 Å². The molecule has 10 nitrogen and oxygen atoms in total. The molecule has 0 unspecified atom stereocenters. The normalized spacial score (nSPS) is 11.7. The molecular weight excluding hydrogens is 504 g/mol. The van der Waals surface area contributed by atoms with Crippen molar-refractivity contribution in [2.24, 2.45) is 5.73 Å². The highest BCUT2D eigenvalue weighted by molar-refractivity contribution is 7.92. The number of rotatable bonds is 8. The van der Waals surface area contributed by atoms with Gasteiger partial charge in [0.15, 0.2) is 11.6 Å². The average Bonchev–Trinajstić information content (AvgIpc) is 2.86. The lowest BCUT2D eigenvalue weighted by Crippen LogP contribution is -2.45. The number of carbonyl (C=O) groups excluding carboxylic acids is 1. The molecule has 5 N–H and O–H groups in total. The second-order valence-corrected chi connectivity index (χ2v) is 11.1. The third-order valence-corrected chi connectivity index (χ3v) is 7.30. The molecular formula is C27H30N6O4S. The predicted octanol–water partition coefficient (Wildman–Crippen LogP) is 4.48. The summed E-state index contributed by atoms with van der Waals surface area (Å²) >= 11 is 0. The number of aromatic nitrogens is 2. The molecule has 38 heavy (non-hydrogen) atoms. The van der Waals surface area contributed by atoms with Crippen molar-refractivity contribution in [2.45, 2.75) is 38.1 Å². The van der Waals surface area contributed by atoms with Crippen LogP contribution in [0.4, 0.5) is 23.0 Å². The van der Waals surface area contributed by atoms with Crippen molar-refractivity contribution in [3.8, 4) is 5.75 Å². The number of sulfonamides is 1. The molecule has 0 aliphatic heterocycles. The highest BCUT2D eigenvalue weighted by Gasteiger charge is 2.25. The van der Waals surface area contributed by atoms with Crippen LogP contribution in [0.15, 0.2) is 65.6 Å². The summed E-state index contributed by atoms with van der Waals surface area (Å²) < 4.78 is 35.1. The fourth-order valence-electron chi connectivity index (χ4n) is 3.59. The summed E-state index contributed by atoms with van der Waals surface area (Å²) in [5.41, 5.74) is 8.19. The minimum Gasteiger partial charge on any atom is -0.497 e. The molecule has 0 spiro atoms. The Labute approximate surface area is 221 Å². The van der Waals surface area contributed by atoms with E-state index in [9.17, 15) is 13.2 Å². The summed E-state index contributed by atoms with van der Waals surface area (Å²) in [6.45, 7) is 6.70. The number of aryl methyl sites for hydroxylation is 2. The number of methoxy groups -OCH3 is 1. The number of nitrogens with zero attached hydrogens (tertiary/aromatic N) is 2. The first kappa shape index (κ1) is 26.8. The van der Waals surface area contributed by atoms with E-state index in [-0.39, 0.29) is 16.5 Å². The minimum absolute atomic E-state index is 0.0165. The molecule has 0 aliphatic carbocycles. The van der Waals surface area contributed by atoms with Gasteiger partial charge < -0.3 is 21.1 Å². The quantitative estimate of drug-likeness (QED) is 0.259. The third kappa shape index (κ3) is 5.84. The van der Waals surface area contributed by atoms with Gasteiger partial charge in [-0.3, -0.25) is 9.52 Å². The number of hydrogen-bond acceptors (Lipinski definition) is 8. The summed E-state index contributed by atoms with van der Waals surface area (Å²) in [6, 6.07) is 17.3. The van der Waals surface area contributed by atoms with Gasteiger partial charge in [-0.2, -0.15) is 0 Å². The molecule has 4 aromatic rings. The van der Waals surface area contributed by atoms with Crippen molar-refractivity contribution in [2.75, 3.05) is 22.5 Å². The lowest BCUT2D eigenvalue weighted by atomic mass is 10.1. The topological polar surface area (TPSA) is 148 Å². The largest absolute Gasteiger partial charge is 0.497 e. The van der Waals surface area contributed by atoms with Crippen LogP contribution in [0.3, 0.4) is 0 Å². The zero-order valence-electron chi connectivity index (χ0n) is 21.8. The van der Waals surface area contributed by atoms with Crippen LogP contribution < -0.4 is 25.8 Å². The van der Waals surface area contributed by atoms with Crippen LogP contribution in [-0.4, -0.2) is 36.9 Å². The zero-order chi connectivity index (χ0) is 27.7. The van der Waals surface area contributed by atoms with Gasteiger partial charge in [0.05, 0.1) is 28.6 Å². The summed E-state index contributed by atoms with van der Waals surface area (Å²) in [5.74, 6) is 0.417. The van der Waals surface area contributed by atoms with Gasteiger partial charge >= 0.3 is 0 Å². The van der Waals surface area contributed by atoms with Crippen molar-refractivity contribution in [3.63, 3.8) is 0 Å². The Morgan fingerprint density at radius 3 is 2.18 bits per heavy atom. The second-order valence-electron chi connectivity index (χ2n) is 9.48. The number of para-hydroxylation sites is 2. The van der Waals surface area contributed by atoms with Crippen LogP contribution in [0.2, 0.25) is 0 Å². The highest BCUT2D eigenvalue weighted by Crippen LogP contribution is 2.31. The molecule has 0 aliphatic rings. The number of ether oxygens (including phenoxy) is 1. The Hall–Kier alpha value is -4.22. The van der Waals surface area contributed by atoms with Gasteiger partial charge in [0.1, 0.15) is 5.75 Å². The lowest BCUT2D eigenvalue weighted by molar-refractivity contribution is -0.120. The first-order valence-corrected chi connectivity index (χ1v) is 13.3. The summed E-state index contributed by atoms with van der Waals surface area (Å²) in [6.07, 6.45) is 0. The second kappa shape index (κ2) is 10.3. The Morgan fingerprint density at radius 2 is 1.55 bits per heavy atom. The molecule has 0 saturated carbocycles. The van der Waals surface area contributed by atoms with Gasteiger partial charge in [-0.15, -0.1) is 0 Å². The van der Waals surface area contributed by atoms with Crippen molar-refractivity contribution >= 4 is 50.0 Å². The number of hydrogen-bond donors (Lipinski definition) is 4. The number of anilines is 4. The molecule has 0 bridgehead atoms.